The number of furan rings is 1. The van der Waals surface area contributed by atoms with E-state index in [9.17, 15) is 9.18 Å². The third-order valence-electron chi connectivity index (χ3n) is 2.62. The molecule has 22 heavy (non-hydrogen) atoms. The normalized spacial score (nSPS) is 10.6. The number of hydrogen-bond donors (Lipinski definition) is 1. The molecule has 0 aliphatic rings. The van der Waals surface area contributed by atoms with E-state index in [4.69, 9.17) is 9.15 Å². The summed E-state index contributed by atoms with van der Waals surface area (Å²) in [5.41, 5.74) is 0. The van der Waals surface area contributed by atoms with E-state index >= 15 is 0 Å². The van der Waals surface area contributed by atoms with Gasteiger partial charge in [-0.25, -0.2) is 9.37 Å². The molecule has 0 saturated heterocycles. The average Bonchev–Trinajstić information content (AvgIpc) is 3.16. The van der Waals surface area contributed by atoms with E-state index in [-0.39, 0.29) is 18.1 Å². The zero-order chi connectivity index (χ0) is 15.4. The minimum Gasteiger partial charge on any atom is -0.483 e. The Morgan fingerprint density at radius 3 is 2.95 bits per heavy atom. The fourth-order valence-corrected chi connectivity index (χ4v) is 2.34. The second-order valence-corrected chi connectivity index (χ2v) is 5.13. The molecule has 0 fully saturated rings. The van der Waals surface area contributed by atoms with Gasteiger partial charge in [-0.2, -0.15) is 0 Å². The van der Waals surface area contributed by atoms with Gasteiger partial charge in [0.2, 0.25) is 5.16 Å². The number of carbonyl (C=O) groups excluding carboxylic acids is 1. The molecule has 1 N–H and O–H groups in total. The van der Waals surface area contributed by atoms with Crippen molar-refractivity contribution in [1.82, 2.24) is 15.2 Å². The van der Waals surface area contributed by atoms with Gasteiger partial charge < -0.3 is 9.15 Å². The zero-order valence-electron chi connectivity index (χ0n) is 11.2. The first-order chi connectivity index (χ1) is 10.7. The van der Waals surface area contributed by atoms with Gasteiger partial charge >= 0.3 is 0 Å². The molecule has 112 valence electrons. The molecular formula is C14H10FN3O3S. The van der Waals surface area contributed by atoms with E-state index in [2.05, 4.69) is 15.2 Å². The van der Waals surface area contributed by atoms with Gasteiger partial charge in [0, 0.05) is 0 Å². The van der Waals surface area contributed by atoms with Crippen molar-refractivity contribution in [3.8, 4) is 5.75 Å². The van der Waals surface area contributed by atoms with Crippen molar-refractivity contribution in [2.75, 3.05) is 0 Å². The van der Waals surface area contributed by atoms with Gasteiger partial charge in [-0.3, -0.25) is 9.89 Å². The van der Waals surface area contributed by atoms with E-state index in [0.29, 0.717) is 22.4 Å². The van der Waals surface area contributed by atoms with E-state index in [1.807, 2.05) is 0 Å². The Balaban J connectivity index is 1.61. The highest BCUT2D eigenvalue weighted by molar-refractivity contribution is 7.99. The quantitative estimate of drug-likeness (QED) is 0.703. The first-order valence-electron chi connectivity index (χ1n) is 6.26. The molecule has 2 heterocycles. The van der Waals surface area contributed by atoms with Crippen LogP contribution >= 0.6 is 11.8 Å². The van der Waals surface area contributed by atoms with Crippen LogP contribution in [0, 0.1) is 5.82 Å². The van der Waals surface area contributed by atoms with Crippen LogP contribution < -0.4 is 4.74 Å². The van der Waals surface area contributed by atoms with Gasteiger partial charge in [-0.15, -0.1) is 5.10 Å². The molecule has 0 spiro atoms. The largest absolute Gasteiger partial charge is 0.483 e. The molecule has 0 amide bonds. The summed E-state index contributed by atoms with van der Waals surface area (Å²) >= 11 is 1.16. The molecule has 0 unspecified atom stereocenters. The fraction of sp³-hybridized carbons (Fsp3) is 0.0714. The third kappa shape index (κ3) is 3.34. The fourth-order valence-electron chi connectivity index (χ4n) is 1.64. The van der Waals surface area contributed by atoms with Gasteiger partial charge in [-0.1, -0.05) is 12.1 Å². The van der Waals surface area contributed by atoms with Crippen molar-refractivity contribution in [2.24, 2.45) is 0 Å². The van der Waals surface area contributed by atoms with Crippen molar-refractivity contribution in [3.05, 3.63) is 53.8 Å². The molecule has 0 atom stereocenters. The molecule has 8 heteroatoms. The number of H-pyrrole nitrogens is 1. The second-order valence-electron chi connectivity index (χ2n) is 4.16. The van der Waals surface area contributed by atoms with Crippen LogP contribution in [-0.2, 0) is 6.61 Å². The van der Waals surface area contributed by atoms with E-state index in [0.717, 1.165) is 11.8 Å². The molecule has 0 radical (unpaired) electrons. The number of aldehydes is 1. The average molecular weight is 319 g/mol. The van der Waals surface area contributed by atoms with E-state index in [1.165, 1.54) is 12.1 Å². The Morgan fingerprint density at radius 1 is 1.32 bits per heavy atom. The number of carbonyl (C=O) groups is 1. The molecule has 0 bridgehead atoms. The van der Waals surface area contributed by atoms with Gasteiger partial charge in [0.25, 0.3) is 0 Å². The number of aromatic amines is 1. The highest BCUT2D eigenvalue weighted by Gasteiger charge is 2.10. The number of aromatic nitrogens is 3. The number of nitrogens with zero attached hydrogens (tertiary/aromatic N) is 2. The monoisotopic (exact) mass is 319 g/mol. The first kappa shape index (κ1) is 14.3. The summed E-state index contributed by atoms with van der Waals surface area (Å²) < 4.78 is 23.9. The Bertz CT molecular complexity index is 787. The molecule has 2 aromatic heterocycles. The molecule has 3 aromatic rings. The lowest BCUT2D eigenvalue weighted by molar-refractivity contribution is 0.109. The number of para-hydroxylation sites is 1. The van der Waals surface area contributed by atoms with E-state index in [1.54, 1.807) is 24.3 Å². The molecular weight excluding hydrogens is 309 g/mol. The Hall–Kier alpha value is -2.61. The van der Waals surface area contributed by atoms with Crippen LogP contribution in [0.15, 0.2) is 51.1 Å². The molecule has 0 saturated carbocycles. The molecule has 3 rings (SSSR count). The van der Waals surface area contributed by atoms with Gasteiger partial charge in [-0.05, 0) is 36.0 Å². The molecule has 6 nitrogen and oxygen atoms in total. The minimum absolute atomic E-state index is 0.0617. The molecule has 0 aliphatic carbocycles. The van der Waals surface area contributed by atoms with Crippen LogP contribution in [0.3, 0.4) is 0 Å². The van der Waals surface area contributed by atoms with Gasteiger partial charge in [0.05, 0.1) is 0 Å². The summed E-state index contributed by atoms with van der Waals surface area (Å²) in [7, 11) is 0. The van der Waals surface area contributed by atoms with Crippen molar-refractivity contribution >= 4 is 18.0 Å². The lowest BCUT2D eigenvalue weighted by atomic mass is 10.3. The molecule has 1 aromatic carbocycles. The maximum Gasteiger partial charge on any atom is 0.216 e. The van der Waals surface area contributed by atoms with Crippen LogP contribution in [0.2, 0.25) is 0 Å². The number of benzene rings is 1. The zero-order valence-corrected chi connectivity index (χ0v) is 12.0. The maximum absolute atomic E-state index is 13.4. The number of hydrogen-bond acceptors (Lipinski definition) is 6. The standard InChI is InChI=1S/C14H10FN3O3S/c15-10-3-1-2-4-11(10)20-8-12-16-14(18-17-12)22-13-6-5-9(7-19)21-13/h1-7H,8H2,(H,16,17,18). The SMILES string of the molecule is O=Cc1ccc(Sc2n[nH]c(COc3ccccc3F)n2)o1. The Labute approximate surface area is 128 Å². The minimum atomic E-state index is -0.436. The topological polar surface area (TPSA) is 81.0 Å². The van der Waals surface area contributed by atoms with E-state index < -0.39 is 5.82 Å². The summed E-state index contributed by atoms with van der Waals surface area (Å²) in [5.74, 6) is 0.400. The predicted octanol–water partition coefficient (Wildman–Crippen LogP) is 3.08. The first-order valence-corrected chi connectivity index (χ1v) is 7.08. The van der Waals surface area contributed by atoms with Crippen molar-refractivity contribution in [1.29, 1.82) is 0 Å². The second kappa shape index (κ2) is 6.44. The summed E-state index contributed by atoms with van der Waals surface area (Å²) in [5, 5.41) is 7.60. The van der Waals surface area contributed by atoms with Crippen LogP contribution in [-0.4, -0.2) is 21.5 Å². The maximum atomic E-state index is 13.4. The predicted molar refractivity (Wildman–Crippen MR) is 75.3 cm³/mol. The molecule has 0 aliphatic heterocycles. The number of nitrogens with one attached hydrogen (secondary N) is 1. The van der Waals surface area contributed by atoms with Crippen molar-refractivity contribution < 1.29 is 18.3 Å². The van der Waals surface area contributed by atoms with Crippen LogP contribution in [0.5, 0.6) is 5.75 Å². The lowest BCUT2D eigenvalue weighted by Crippen LogP contribution is -1.99. The lowest BCUT2D eigenvalue weighted by Gasteiger charge is -2.03. The summed E-state index contributed by atoms with van der Waals surface area (Å²) in [6.07, 6.45) is 0.621. The smallest absolute Gasteiger partial charge is 0.216 e. The Morgan fingerprint density at radius 2 is 2.18 bits per heavy atom. The van der Waals surface area contributed by atoms with Gasteiger partial charge in [0.1, 0.15) is 6.61 Å². The number of rotatable bonds is 6. The summed E-state index contributed by atoms with van der Waals surface area (Å²) in [4.78, 5) is 14.7. The van der Waals surface area contributed by atoms with Crippen molar-refractivity contribution in [2.45, 2.75) is 16.9 Å². The number of halogens is 1. The summed E-state index contributed by atoms with van der Waals surface area (Å²) in [6, 6.07) is 9.33. The summed E-state index contributed by atoms with van der Waals surface area (Å²) in [6.45, 7) is 0.0617. The highest BCUT2D eigenvalue weighted by Crippen LogP contribution is 2.26. The van der Waals surface area contributed by atoms with Crippen molar-refractivity contribution in [3.63, 3.8) is 0 Å². The van der Waals surface area contributed by atoms with Gasteiger partial charge in [0.15, 0.2) is 34.5 Å². The number of ether oxygens (including phenoxy) is 1. The third-order valence-corrected chi connectivity index (χ3v) is 3.41. The van der Waals surface area contributed by atoms with Crippen LogP contribution in [0.25, 0.3) is 0 Å². The van der Waals surface area contributed by atoms with Crippen LogP contribution in [0.4, 0.5) is 4.39 Å². The van der Waals surface area contributed by atoms with Crippen LogP contribution in [0.1, 0.15) is 16.4 Å². The Kier molecular flexibility index (Phi) is 4.19. The highest BCUT2D eigenvalue weighted by atomic mass is 32.2.